The standard InChI is InChI=1S/C19H29N3O.2ClH/c20-11-10-19(23)22-14-17-8-9-18(22)15-21(13-17)12-4-7-16-5-2-1-3-6-16;;/h1-3,5-6,17-18H,4,7-15,20H2;2*1H/t17-,18+;;/m0../s1. The van der Waals surface area contributed by atoms with Crippen LogP contribution in [0.1, 0.15) is 31.2 Å². The van der Waals surface area contributed by atoms with Crippen LogP contribution in [0.3, 0.4) is 0 Å². The van der Waals surface area contributed by atoms with Crippen molar-refractivity contribution in [2.24, 2.45) is 11.7 Å². The molecule has 3 aliphatic rings. The van der Waals surface area contributed by atoms with Crippen molar-refractivity contribution in [2.75, 3.05) is 32.7 Å². The van der Waals surface area contributed by atoms with Gasteiger partial charge in [0.15, 0.2) is 0 Å². The van der Waals surface area contributed by atoms with Crippen molar-refractivity contribution in [3.63, 3.8) is 0 Å². The van der Waals surface area contributed by atoms with Crippen molar-refractivity contribution in [2.45, 2.75) is 38.1 Å². The topological polar surface area (TPSA) is 49.6 Å². The van der Waals surface area contributed by atoms with Gasteiger partial charge in [0.2, 0.25) is 5.91 Å². The molecule has 1 amide bonds. The van der Waals surface area contributed by atoms with E-state index in [0.29, 0.717) is 24.9 Å². The van der Waals surface area contributed by atoms with Crippen molar-refractivity contribution < 1.29 is 4.79 Å². The number of nitrogens with zero attached hydrogens (tertiary/aromatic N) is 2. The maximum absolute atomic E-state index is 12.3. The molecule has 4 nitrogen and oxygen atoms in total. The van der Waals surface area contributed by atoms with E-state index in [0.717, 1.165) is 39.0 Å². The maximum Gasteiger partial charge on any atom is 0.224 e. The Bertz CT molecular complexity index is 515. The van der Waals surface area contributed by atoms with Crippen molar-refractivity contribution in [3.05, 3.63) is 35.9 Å². The van der Waals surface area contributed by atoms with Gasteiger partial charge in [-0.25, -0.2) is 0 Å². The lowest BCUT2D eigenvalue weighted by atomic mass is 9.95. The molecule has 3 fully saturated rings. The molecule has 0 spiro atoms. The van der Waals surface area contributed by atoms with Gasteiger partial charge in [-0.2, -0.15) is 0 Å². The molecule has 1 aromatic rings. The summed E-state index contributed by atoms with van der Waals surface area (Å²) < 4.78 is 0. The Morgan fingerprint density at radius 2 is 1.84 bits per heavy atom. The zero-order valence-corrected chi connectivity index (χ0v) is 16.4. The summed E-state index contributed by atoms with van der Waals surface area (Å²) in [6, 6.07) is 11.1. The number of carbonyl (C=O) groups is 1. The monoisotopic (exact) mass is 387 g/mol. The van der Waals surface area contributed by atoms with Gasteiger partial charge in [-0.3, -0.25) is 4.79 Å². The van der Waals surface area contributed by atoms with E-state index >= 15 is 0 Å². The fourth-order valence-electron chi connectivity index (χ4n) is 4.09. The van der Waals surface area contributed by atoms with Crippen molar-refractivity contribution in [1.29, 1.82) is 0 Å². The summed E-state index contributed by atoms with van der Waals surface area (Å²) in [7, 11) is 0. The molecule has 0 radical (unpaired) electrons. The van der Waals surface area contributed by atoms with Gasteiger partial charge in [-0.05, 0) is 43.7 Å². The van der Waals surface area contributed by atoms with Crippen molar-refractivity contribution in [1.82, 2.24) is 9.80 Å². The predicted molar refractivity (Wildman–Crippen MR) is 108 cm³/mol. The van der Waals surface area contributed by atoms with Gasteiger partial charge in [0.25, 0.3) is 0 Å². The molecule has 4 rings (SSSR count). The van der Waals surface area contributed by atoms with Gasteiger partial charge in [0, 0.05) is 38.6 Å². The first-order valence-corrected chi connectivity index (χ1v) is 9.02. The zero-order valence-electron chi connectivity index (χ0n) is 14.8. The lowest BCUT2D eigenvalue weighted by Gasteiger charge is -2.36. The highest BCUT2D eigenvalue weighted by Crippen LogP contribution is 2.28. The summed E-state index contributed by atoms with van der Waals surface area (Å²) in [5, 5.41) is 0. The highest BCUT2D eigenvalue weighted by Gasteiger charge is 2.36. The van der Waals surface area contributed by atoms with E-state index in [1.807, 2.05) is 0 Å². The fraction of sp³-hybridized carbons (Fsp3) is 0.632. The number of carbonyl (C=O) groups excluding carboxylic acids is 1. The van der Waals surface area contributed by atoms with Crippen LogP contribution < -0.4 is 5.73 Å². The molecular weight excluding hydrogens is 357 g/mol. The summed E-state index contributed by atoms with van der Waals surface area (Å²) in [6.07, 6.45) is 5.27. The third-order valence-corrected chi connectivity index (χ3v) is 5.25. The molecule has 0 aliphatic carbocycles. The lowest BCUT2D eigenvalue weighted by Crippen LogP contribution is -2.47. The van der Waals surface area contributed by atoms with Gasteiger partial charge in [0.1, 0.15) is 0 Å². The molecule has 2 N–H and O–H groups in total. The molecule has 142 valence electrons. The van der Waals surface area contributed by atoms with E-state index in [1.165, 1.54) is 18.4 Å². The second kappa shape index (κ2) is 11.0. The molecule has 0 aromatic heterocycles. The molecule has 0 unspecified atom stereocenters. The minimum atomic E-state index is 0. The van der Waals surface area contributed by atoms with Crippen LogP contribution in [0.5, 0.6) is 0 Å². The van der Waals surface area contributed by atoms with E-state index in [4.69, 9.17) is 5.73 Å². The summed E-state index contributed by atoms with van der Waals surface area (Å²) in [5.41, 5.74) is 6.98. The second-order valence-electron chi connectivity index (χ2n) is 7.03. The van der Waals surface area contributed by atoms with Crippen LogP contribution >= 0.6 is 24.8 Å². The third kappa shape index (κ3) is 6.14. The van der Waals surface area contributed by atoms with Crippen LogP contribution in [0, 0.1) is 5.92 Å². The minimum Gasteiger partial charge on any atom is -0.338 e. The van der Waals surface area contributed by atoms with E-state index in [-0.39, 0.29) is 30.7 Å². The molecule has 2 bridgehead atoms. The number of fused-ring (bicyclic) bond motifs is 4. The Labute approximate surface area is 163 Å². The molecule has 3 aliphatic heterocycles. The quantitative estimate of drug-likeness (QED) is 0.815. The Kier molecular flexibility index (Phi) is 9.80. The van der Waals surface area contributed by atoms with Crippen molar-refractivity contribution in [3.8, 4) is 0 Å². The summed E-state index contributed by atoms with van der Waals surface area (Å²) in [4.78, 5) is 17.0. The predicted octanol–water partition coefficient (Wildman–Crippen LogP) is 2.73. The summed E-state index contributed by atoms with van der Waals surface area (Å²) in [6.45, 7) is 4.74. The van der Waals surface area contributed by atoms with Gasteiger partial charge < -0.3 is 15.5 Å². The van der Waals surface area contributed by atoms with Gasteiger partial charge in [-0.15, -0.1) is 24.8 Å². The molecule has 25 heavy (non-hydrogen) atoms. The van der Waals surface area contributed by atoms with E-state index in [9.17, 15) is 4.79 Å². The molecular formula is C19H31Cl2N3O. The molecule has 3 heterocycles. The van der Waals surface area contributed by atoms with Gasteiger partial charge >= 0.3 is 0 Å². The van der Waals surface area contributed by atoms with Crippen LogP contribution in [0.15, 0.2) is 30.3 Å². The van der Waals surface area contributed by atoms with E-state index < -0.39 is 0 Å². The minimum absolute atomic E-state index is 0. The van der Waals surface area contributed by atoms with Gasteiger partial charge in [0.05, 0.1) is 0 Å². The average Bonchev–Trinajstić information content (AvgIpc) is 2.87. The number of hydrogen-bond acceptors (Lipinski definition) is 3. The average molecular weight is 388 g/mol. The summed E-state index contributed by atoms with van der Waals surface area (Å²) in [5.74, 6) is 0.903. The first kappa shape index (κ1) is 22.2. The Balaban J connectivity index is 0.00000156. The molecule has 1 aromatic carbocycles. The zero-order chi connectivity index (χ0) is 16.1. The maximum atomic E-state index is 12.3. The molecule has 0 saturated carbocycles. The highest BCUT2D eigenvalue weighted by atomic mass is 35.5. The number of rotatable bonds is 6. The smallest absolute Gasteiger partial charge is 0.224 e. The Morgan fingerprint density at radius 3 is 2.56 bits per heavy atom. The second-order valence-corrected chi connectivity index (χ2v) is 7.03. The molecule has 3 saturated heterocycles. The van der Waals surface area contributed by atoms with E-state index in [2.05, 4.69) is 40.1 Å². The van der Waals surface area contributed by atoms with Gasteiger partial charge in [-0.1, -0.05) is 30.3 Å². The first-order chi connectivity index (χ1) is 11.3. The number of hydrogen-bond donors (Lipinski definition) is 1. The SMILES string of the molecule is Cl.Cl.NCCC(=O)N1C[C@H]2CC[C@@H]1CN(CCCc1ccccc1)C2. The first-order valence-electron chi connectivity index (χ1n) is 9.02. The van der Waals surface area contributed by atoms with Crippen molar-refractivity contribution >= 4 is 30.7 Å². The lowest BCUT2D eigenvalue weighted by molar-refractivity contribution is -0.135. The summed E-state index contributed by atoms with van der Waals surface area (Å²) >= 11 is 0. The highest BCUT2D eigenvalue weighted by molar-refractivity contribution is 5.85. The number of piperidine rings is 1. The number of halogens is 2. The number of amides is 1. The van der Waals surface area contributed by atoms with Crippen LogP contribution in [-0.4, -0.2) is 54.5 Å². The van der Waals surface area contributed by atoms with Crippen LogP contribution in [-0.2, 0) is 11.2 Å². The molecule has 2 atom stereocenters. The Morgan fingerprint density at radius 1 is 1.08 bits per heavy atom. The number of benzene rings is 1. The van der Waals surface area contributed by atoms with E-state index in [1.54, 1.807) is 0 Å². The fourth-order valence-corrected chi connectivity index (χ4v) is 4.09. The normalized spacial score (nSPS) is 22.7. The molecule has 6 heteroatoms. The van der Waals surface area contributed by atoms with Crippen LogP contribution in [0.4, 0.5) is 0 Å². The Hall–Kier alpha value is -0.810. The number of nitrogens with two attached hydrogens (primary N) is 1. The van der Waals surface area contributed by atoms with Crippen LogP contribution in [0.25, 0.3) is 0 Å². The number of aryl methyl sites for hydroxylation is 1. The third-order valence-electron chi connectivity index (χ3n) is 5.25. The largest absolute Gasteiger partial charge is 0.338 e. The van der Waals surface area contributed by atoms with Crippen LogP contribution in [0.2, 0.25) is 0 Å².